The molecule has 16 heavy (non-hydrogen) atoms. The molecule has 0 radical (unpaired) electrons. The molecule has 0 atom stereocenters. The van der Waals surface area contributed by atoms with E-state index in [4.69, 9.17) is 10.4 Å². The molecule has 0 heterocycles. The standard InChI is InChI=1S/C10H9F3N2O/c11-8-1-2-9(7(3-8)4-14)15-5-10(12,13)6-16/h1-3,15-16H,5-6H2. The highest BCUT2D eigenvalue weighted by Crippen LogP contribution is 2.19. The van der Waals surface area contributed by atoms with Crippen LogP contribution in [0.25, 0.3) is 0 Å². The van der Waals surface area contributed by atoms with E-state index in [1.165, 1.54) is 6.07 Å². The molecule has 0 spiro atoms. The number of halogens is 3. The van der Waals surface area contributed by atoms with Crippen LogP contribution in [-0.2, 0) is 0 Å². The minimum Gasteiger partial charge on any atom is -0.390 e. The van der Waals surface area contributed by atoms with E-state index in [0.29, 0.717) is 0 Å². The first kappa shape index (κ1) is 12.3. The molecule has 1 aromatic rings. The van der Waals surface area contributed by atoms with Gasteiger partial charge in [0.15, 0.2) is 0 Å². The van der Waals surface area contributed by atoms with Crippen molar-refractivity contribution < 1.29 is 18.3 Å². The summed E-state index contributed by atoms with van der Waals surface area (Å²) in [5.74, 6) is -3.89. The van der Waals surface area contributed by atoms with Gasteiger partial charge >= 0.3 is 0 Å². The highest BCUT2D eigenvalue weighted by molar-refractivity contribution is 5.57. The molecule has 0 saturated carbocycles. The van der Waals surface area contributed by atoms with Gasteiger partial charge in [-0.15, -0.1) is 0 Å². The van der Waals surface area contributed by atoms with E-state index in [-0.39, 0.29) is 11.3 Å². The lowest BCUT2D eigenvalue weighted by Crippen LogP contribution is -2.31. The number of rotatable bonds is 4. The van der Waals surface area contributed by atoms with Crippen LogP contribution in [0.1, 0.15) is 5.56 Å². The molecule has 0 aliphatic rings. The fourth-order valence-electron chi connectivity index (χ4n) is 1.04. The van der Waals surface area contributed by atoms with Gasteiger partial charge in [-0.05, 0) is 18.2 Å². The van der Waals surface area contributed by atoms with Crippen LogP contribution in [0.2, 0.25) is 0 Å². The topological polar surface area (TPSA) is 56.0 Å². The summed E-state index contributed by atoms with van der Waals surface area (Å²) in [6.07, 6.45) is 0. The zero-order chi connectivity index (χ0) is 12.2. The molecule has 0 aliphatic carbocycles. The van der Waals surface area contributed by atoms with Crippen LogP contribution in [0.15, 0.2) is 18.2 Å². The van der Waals surface area contributed by atoms with Crippen molar-refractivity contribution in [3.05, 3.63) is 29.6 Å². The van der Waals surface area contributed by atoms with Gasteiger partial charge in [-0.3, -0.25) is 0 Å². The Kier molecular flexibility index (Phi) is 3.74. The normalized spacial score (nSPS) is 10.9. The molecular formula is C10H9F3N2O. The zero-order valence-corrected chi connectivity index (χ0v) is 8.17. The molecule has 6 heteroatoms. The summed E-state index contributed by atoms with van der Waals surface area (Å²) < 4.78 is 38.1. The Bertz CT molecular complexity index is 415. The Labute approximate surface area is 90.1 Å². The number of hydrogen-bond acceptors (Lipinski definition) is 3. The van der Waals surface area contributed by atoms with Gasteiger partial charge < -0.3 is 10.4 Å². The first-order valence-electron chi connectivity index (χ1n) is 4.41. The molecule has 0 aromatic heterocycles. The van der Waals surface area contributed by atoms with Crippen LogP contribution in [0, 0.1) is 17.1 Å². The van der Waals surface area contributed by atoms with E-state index in [2.05, 4.69) is 5.32 Å². The Morgan fingerprint density at radius 2 is 2.12 bits per heavy atom. The van der Waals surface area contributed by atoms with Crippen molar-refractivity contribution in [1.29, 1.82) is 5.26 Å². The summed E-state index contributed by atoms with van der Waals surface area (Å²) in [5.41, 5.74) is 0.0470. The maximum absolute atomic E-state index is 12.7. The lowest BCUT2D eigenvalue weighted by Gasteiger charge is -2.15. The number of alkyl halides is 2. The smallest absolute Gasteiger partial charge is 0.287 e. The second-order valence-corrected chi connectivity index (χ2v) is 3.17. The third-order valence-electron chi connectivity index (χ3n) is 1.87. The molecule has 0 bridgehead atoms. The number of benzene rings is 1. The van der Waals surface area contributed by atoms with E-state index in [9.17, 15) is 13.2 Å². The zero-order valence-electron chi connectivity index (χ0n) is 8.17. The number of nitrogens with zero attached hydrogens (tertiary/aromatic N) is 1. The van der Waals surface area contributed by atoms with Gasteiger partial charge in [0.25, 0.3) is 5.92 Å². The SMILES string of the molecule is N#Cc1cc(F)ccc1NCC(F)(F)CO. The van der Waals surface area contributed by atoms with Crippen LogP contribution < -0.4 is 5.32 Å². The Morgan fingerprint density at radius 3 is 2.69 bits per heavy atom. The summed E-state index contributed by atoms with van der Waals surface area (Å²) in [6, 6.07) is 4.88. The Morgan fingerprint density at radius 1 is 1.44 bits per heavy atom. The van der Waals surface area contributed by atoms with Gasteiger partial charge in [0.2, 0.25) is 0 Å². The maximum Gasteiger partial charge on any atom is 0.287 e. The number of nitriles is 1. The van der Waals surface area contributed by atoms with Crippen LogP contribution in [0.4, 0.5) is 18.9 Å². The lowest BCUT2D eigenvalue weighted by molar-refractivity contribution is -0.0372. The van der Waals surface area contributed by atoms with E-state index < -0.39 is 24.9 Å². The third-order valence-corrected chi connectivity index (χ3v) is 1.87. The molecule has 2 N–H and O–H groups in total. The molecule has 0 fully saturated rings. The molecule has 1 aromatic carbocycles. The maximum atomic E-state index is 12.7. The Balaban J connectivity index is 2.79. The number of nitrogens with one attached hydrogen (secondary N) is 1. The fraction of sp³-hybridized carbons (Fsp3) is 0.300. The van der Waals surface area contributed by atoms with Crippen molar-refractivity contribution in [3.63, 3.8) is 0 Å². The minimum atomic E-state index is -3.28. The molecular weight excluding hydrogens is 221 g/mol. The van der Waals surface area contributed by atoms with Crippen molar-refractivity contribution in [2.75, 3.05) is 18.5 Å². The minimum absolute atomic E-state index is 0.0614. The average Bonchev–Trinajstić information content (AvgIpc) is 2.27. The fourth-order valence-corrected chi connectivity index (χ4v) is 1.04. The van der Waals surface area contributed by atoms with Crippen molar-refractivity contribution in [1.82, 2.24) is 0 Å². The summed E-state index contributed by atoms with van der Waals surface area (Å²) in [7, 11) is 0. The number of aliphatic hydroxyl groups is 1. The number of anilines is 1. The van der Waals surface area contributed by atoms with Crippen molar-refractivity contribution in [3.8, 4) is 6.07 Å². The molecule has 86 valence electrons. The molecule has 0 amide bonds. The predicted octanol–water partition coefficient (Wildman–Crippen LogP) is 1.74. The summed E-state index contributed by atoms with van der Waals surface area (Å²) in [5, 5.41) is 19.2. The molecule has 1 rings (SSSR count). The molecule has 3 nitrogen and oxygen atoms in total. The van der Waals surface area contributed by atoms with E-state index >= 15 is 0 Å². The van der Waals surface area contributed by atoms with Gasteiger partial charge in [-0.2, -0.15) is 5.26 Å². The van der Waals surface area contributed by atoms with Gasteiger partial charge in [0, 0.05) is 0 Å². The second kappa shape index (κ2) is 4.86. The van der Waals surface area contributed by atoms with Crippen molar-refractivity contribution >= 4 is 5.69 Å². The monoisotopic (exact) mass is 230 g/mol. The molecule has 0 saturated heterocycles. The van der Waals surface area contributed by atoms with Gasteiger partial charge in [0.05, 0.1) is 17.8 Å². The predicted molar refractivity (Wildman–Crippen MR) is 51.6 cm³/mol. The first-order valence-corrected chi connectivity index (χ1v) is 4.41. The largest absolute Gasteiger partial charge is 0.390 e. The van der Waals surface area contributed by atoms with Crippen molar-refractivity contribution in [2.45, 2.75) is 5.92 Å². The summed E-state index contributed by atoms with van der Waals surface area (Å²) >= 11 is 0. The van der Waals surface area contributed by atoms with Crippen LogP contribution >= 0.6 is 0 Å². The molecule has 0 unspecified atom stereocenters. The second-order valence-electron chi connectivity index (χ2n) is 3.17. The molecule has 0 aliphatic heterocycles. The highest BCUT2D eigenvalue weighted by Gasteiger charge is 2.27. The number of hydrogen-bond donors (Lipinski definition) is 2. The van der Waals surface area contributed by atoms with E-state index in [0.717, 1.165) is 12.1 Å². The highest BCUT2D eigenvalue weighted by atomic mass is 19.3. The van der Waals surface area contributed by atoms with Crippen molar-refractivity contribution in [2.24, 2.45) is 0 Å². The van der Waals surface area contributed by atoms with Crippen LogP contribution in [-0.4, -0.2) is 24.2 Å². The van der Waals surface area contributed by atoms with Crippen LogP contribution in [0.3, 0.4) is 0 Å². The van der Waals surface area contributed by atoms with E-state index in [1.807, 2.05) is 0 Å². The lowest BCUT2D eigenvalue weighted by atomic mass is 10.2. The summed E-state index contributed by atoms with van der Waals surface area (Å²) in [4.78, 5) is 0. The summed E-state index contributed by atoms with van der Waals surface area (Å²) in [6.45, 7) is -2.10. The third kappa shape index (κ3) is 3.14. The van der Waals surface area contributed by atoms with Crippen LogP contribution in [0.5, 0.6) is 0 Å². The Hall–Kier alpha value is -1.74. The van der Waals surface area contributed by atoms with Gasteiger partial charge in [-0.25, -0.2) is 13.2 Å². The van der Waals surface area contributed by atoms with Gasteiger partial charge in [0.1, 0.15) is 18.5 Å². The first-order chi connectivity index (χ1) is 7.48. The average molecular weight is 230 g/mol. The van der Waals surface area contributed by atoms with Gasteiger partial charge in [-0.1, -0.05) is 0 Å². The quantitative estimate of drug-likeness (QED) is 0.828. The number of aliphatic hydroxyl groups excluding tert-OH is 1. The van der Waals surface area contributed by atoms with E-state index in [1.54, 1.807) is 6.07 Å².